The molecule has 1 heterocycles. The summed E-state index contributed by atoms with van der Waals surface area (Å²) < 4.78 is 64.8. The van der Waals surface area contributed by atoms with Gasteiger partial charge >= 0.3 is 6.18 Å². The van der Waals surface area contributed by atoms with Crippen LogP contribution >= 0.6 is 24.0 Å². The molecule has 4 nitrogen and oxygen atoms in total. The van der Waals surface area contributed by atoms with Crippen molar-refractivity contribution in [2.75, 3.05) is 13.1 Å². The van der Waals surface area contributed by atoms with Crippen molar-refractivity contribution in [3.63, 3.8) is 0 Å². The average Bonchev–Trinajstić information content (AvgIpc) is 2.40. The smallest absolute Gasteiger partial charge is 0.327 e. The normalized spacial score (nSPS) is 23.4. The Morgan fingerprint density at radius 1 is 1.35 bits per heavy atom. The first-order valence-corrected chi connectivity index (χ1v) is 8.47. The van der Waals surface area contributed by atoms with Gasteiger partial charge in [0.1, 0.15) is 0 Å². The number of hydrogen-bond donors (Lipinski definition) is 1. The first-order chi connectivity index (χ1) is 10.0. The second kappa shape index (κ2) is 7.14. The van der Waals surface area contributed by atoms with Crippen LogP contribution in [0.2, 0.25) is 5.02 Å². The summed E-state index contributed by atoms with van der Waals surface area (Å²) in [5, 5.41) is -0.527. The van der Waals surface area contributed by atoms with Crippen LogP contribution in [0.5, 0.6) is 0 Å². The molecule has 0 radical (unpaired) electrons. The van der Waals surface area contributed by atoms with Gasteiger partial charge in [0.25, 0.3) is 0 Å². The number of alkyl halides is 3. The summed E-state index contributed by atoms with van der Waals surface area (Å²) in [6.07, 6.45) is -4.24. The summed E-state index contributed by atoms with van der Waals surface area (Å²) in [6, 6.07) is 2.52. The fourth-order valence-corrected chi connectivity index (χ4v) is 4.18. The molecule has 1 aliphatic heterocycles. The molecule has 0 spiro atoms. The molecule has 1 aliphatic rings. The van der Waals surface area contributed by atoms with Gasteiger partial charge in [-0.25, -0.2) is 8.42 Å². The molecular formula is C13H17Cl2F3N2O2S. The highest BCUT2D eigenvalue weighted by atomic mass is 35.5. The number of sulfonamides is 1. The summed E-state index contributed by atoms with van der Waals surface area (Å²) in [5.74, 6) is -0.0575. The summed E-state index contributed by atoms with van der Waals surface area (Å²) in [7, 11) is -4.00. The van der Waals surface area contributed by atoms with Crippen LogP contribution in [0.1, 0.15) is 18.9 Å². The van der Waals surface area contributed by atoms with Gasteiger partial charge in [0.2, 0.25) is 10.0 Å². The molecule has 1 fully saturated rings. The summed E-state index contributed by atoms with van der Waals surface area (Å²) in [4.78, 5) is -0.410. The maximum Gasteiger partial charge on any atom is 0.417 e. The second-order valence-electron chi connectivity index (χ2n) is 5.43. The molecule has 2 rings (SSSR count). The van der Waals surface area contributed by atoms with Gasteiger partial charge in [0.15, 0.2) is 0 Å². The number of nitrogens with zero attached hydrogens (tertiary/aromatic N) is 1. The van der Waals surface area contributed by atoms with E-state index in [1.807, 2.05) is 6.92 Å². The number of piperidine rings is 1. The predicted octanol–water partition coefficient (Wildman–Crippen LogP) is 3.14. The Hall–Kier alpha value is -0.540. The van der Waals surface area contributed by atoms with Gasteiger partial charge in [0, 0.05) is 19.1 Å². The average molecular weight is 393 g/mol. The molecule has 0 amide bonds. The molecule has 2 atom stereocenters. The van der Waals surface area contributed by atoms with Crippen molar-refractivity contribution in [3.8, 4) is 0 Å². The van der Waals surface area contributed by atoms with Crippen molar-refractivity contribution >= 4 is 34.0 Å². The number of hydrogen-bond acceptors (Lipinski definition) is 3. The lowest BCUT2D eigenvalue weighted by atomic mass is 9.96. The molecular weight excluding hydrogens is 376 g/mol. The molecule has 0 aliphatic carbocycles. The molecule has 1 aromatic rings. The number of halogens is 5. The van der Waals surface area contributed by atoms with Crippen LogP contribution in [0.25, 0.3) is 0 Å². The number of rotatable bonds is 2. The Bertz CT molecular complexity index is 668. The van der Waals surface area contributed by atoms with Crippen molar-refractivity contribution in [3.05, 3.63) is 28.8 Å². The van der Waals surface area contributed by atoms with Gasteiger partial charge in [-0.05, 0) is 30.5 Å². The van der Waals surface area contributed by atoms with Gasteiger partial charge in [-0.1, -0.05) is 18.5 Å². The van der Waals surface area contributed by atoms with Crippen molar-refractivity contribution in [2.45, 2.75) is 30.5 Å². The van der Waals surface area contributed by atoms with E-state index in [-0.39, 0.29) is 37.5 Å². The van der Waals surface area contributed by atoms with Crippen LogP contribution in [-0.2, 0) is 16.2 Å². The lowest BCUT2D eigenvalue weighted by molar-refractivity contribution is -0.137. The molecule has 1 aromatic carbocycles. The monoisotopic (exact) mass is 392 g/mol. The predicted molar refractivity (Wildman–Crippen MR) is 84.2 cm³/mol. The molecule has 1 saturated heterocycles. The lowest BCUT2D eigenvalue weighted by Gasteiger charge is -2.34. The van der Waals surface area contributed by atoms with Gasteiger partial charge in [0.05, 0.1) is 15.5 Å². The summed E-state index contributed by atoms with van der Waals surface area (Å²) >= 11 is 5.51. The molecule has 2 N–H and O–H groups in total. The molecule has 0 aromatic heterocycles. The maximum absolute atomic E-state index is 12.9. The Kier molecular flexibility index (Phi) is 6.37. The molecule has 2 unspecified atom stereocenters. The van der Waals surface area contributed by atoms with Gasteiger partial charge in [-0.3, -0.25) is 0 Å². The van der Waals surface area contributed by atoms with Crippen molar-refractivity contribution < 1.29 is 21.6 Å². The van der Waals surface area contributed by atoms with Gasteiger partial charge in [-0.15, -0.1) is 12.4 Å². The van der Waals surface area contributed by atoms with Crippen molar-refractivity contribution in [1.82, 2.24) is 4.31 Å². The minimum atomic E-state index is -4.71. The summed E-state index contributed by atoms with van der Waals surface area (Å²) in [5.41, 5.74) is 4.68. The van der Waals surface area contributed by atoms with E-state index in [1.54, 1.807) is 0 Å². The minimum Gasteiger partial charge on any atom is -0.327 e. The number of benzene rings is 1. The summed E-state index contributed by atoms with van der Waals surface area (Å²) in [6.45, 7) is 2.20. The van der Waals surface area contributed by atoms with E-state index in [1.165, 1.54) is 4.31 Å². The topological polar surface area (TPSA) is 63.4 Å². The van der Waals surface area contributed by atoms with E-state index in [0.717, 1.165) is 12.1 Å². The third kappa shape index (κ3) is 4.30. The molecule has 10 heteroatoms. The largest absolute Gasteiger partial charge is 0.417 e. The van der Waals surface area contributed by atoms with Crippen molar-refractivity contribution in [2.24, 2.45) is 11.7 Å². The molecule has 23 heavy (non-hydrogen) atoms. The SMILES string of the molecule is CC1CN(S(=O)(=O)c2ccc(Cl)c(C(F)(F)F)c2)CCC1N.Cl. The quantitative estimate of drug-likeness (QED) is 0.840. The highest BCUT2D eigenvalue weighted by molar-refractivity contribution is 7.89. The first-order valence-electron chi connectivity index (χ1n) is 6.66. The second-order valence-corrected chi connectivity index (χ2v) is 7.78. The third-order valence-electron chi connectivity index (χ3n) is 3.82. The highest BCUT2D eigenvalue weighted by Gasteiger charge is 2.37. The van der Waals surface area contributed by atoms with Gasteiger partial charge < -0.3 is 5.73 Å². The van der Waals surface area contributed by atoms with Crippen LogP contribution in [0.4, 0.5) is 13.2 Å². The standard InChI is InChI=1S/C13H16ClF3N2O2S.ClH/c1-8-7-19(5-4-12(8)18)22(20,21)9-2-3-11(14)10(6-9)13(15,16)17;/h2-3,6,8,12H,4-5,7,18H2,1H3;1H. The Morgan fingerprint density at radius 3 is 2.48 bits per heavy atom. The van der Waals surface area contributed by atoms with E-state index in [4.69, 9.17) is 17.3 Å². The van der Waals surface area contributed by atoms with Crippen molar-refractivity contribution in [1.29, 1.82) is 0 Å². The van der Waals surface area contributed by atoms with E-state index in [9.17, 15) is 21.6 Å². The zero-order valence-electron chi connectivity index (χ0n) is 12.2. The fourth-order valence-electron chi connectivity index (χ4n) is 2.37. The zero-order chi connectivity index (χ0) is 16.7. The van der Waals surface area contributed by atoms with Crippen LogP contribution in [0.3, 0.4) is 0 Å². The zero-order valence-corrected chi connectivity index (χ0v) is 14.6. The minimum absolute atomic E-state index is 0. The third-order valence-corrected chi connectivity index (χ3v) is 6.01. The first kappa shape index (κ1) is 20.5. The Labute approximate surface area is 144 Å². The molecule has 0 saturated carbocycles. The highest BCUT2D eigenvalue weighted by Crippen LogP contribution is 2.36. The van der Waals surface area contributed by atoms with Gasteiger partial charge in [-0.2, -0.15) is 17.5 Å². The van der Waals surface area contributed by atoms with E-state index >= 15 is 0 Å². The Morgan fingerprint density at radius 2 is 1.96 bits per heavy atom. The van der Waals surface area contributed by atoms with Crippen LogP contribution < -0.4 is 5.73 Å². The van der Waals surface area contributed by atoms with E-state index in [2.05, 4.69) is 0 Å². The Balaban J connectivity index is 0.00000264. The molecule has 132 valence electrons. The number of nitrogens with two attached hydrogens (primary N) is 1. The van der Waals surface area contributed by atoms with E-state index < -0.39 is 31.7 Å². The fraction of sp³-hybridized carbons (Fsp3) is 0.538. The lowest BCUT2D eigenvalue weighted by Crippen LogP contribution is -2.48. The van der Waals surface area contributed by atoms with Crippen LogP contribution in [0, 0.1) is 5.92 Å². The maximum atomic E-state index is 12.9. The van der Waals surface area contributed by atoms with Crippen LogP contribution in [0.15, 0.2) is 23.1 Å². The van der Waals surface area contributed by atoms with E-state index in [0.29, 0.717) is 12.5 Å². The van der Waals surface area contributed by atoms with Crippen LogP contribution in [-0.4, -0.2) is 31.9 Å². The molecule has 0 bridgehead atoms.